The molecule has 3 fully saturated rings. The topological polar surface area (TPSA) is 15.3 Å². The number of hydrogen-bond acceptors (Lipinski definition) is 2. The van der Waals surface area contributed by atoms with Gasteiger partial charge in [-0.2, -0.15) is 0 Å². The van der Waals surface area contributed by atoms with Crippen LogP contribution in [0.2, 0.25) is 0 Å². The highest BCUT2D eigenvalue weighted by Crippen LogP contribution is 2.34. The molecule has 3 aliphatic rings. The lowest BCUT2D eigenvalue weighted by atomic mass is 10.2. The van der Waals surface area contributed by atoms with Crippen molar-refractivity contribution < 1.29 is 0 Å². The number of hydrogen-bond donors (Lipinski definition) is 1. The summed E-state index contributed by atoms with van der Waals surface area (Å²) in [5.74, 6) is 1.08. The molecule has 1 N–H and O–H groups in total. The molecular weight excluding hydrogens is 220 g/mol. The Bertz CT molecular complexity index is 241. The molecule has 0 bridgehead atoms. The van der Waals surface area contributed by atoms with Crippen LogP contribution in [0.4, 0.5) is 0 Å². The van der Waals surface area contributed by atoms with Gasteiger partial charge in [-0.15, -0.1) is 0 Å². The van der Waals surface area contributed by atoms with Crippen LogP contribution >= 0.6 is 0 Å². The maximum Gasteiger partial charge on any atom is 0.00965 e. The molecule has 0 aromatic rings. The fourth-order valence-corrected chi connectivity index (χ4v) is 2.88. The van der Waals surface area contributed by atoms with Crippen molar-refractivity contribution in [2.24, 2.45) is 5.92 Å². The van der Waals surface area contributed by atoms with Gasteiger partial charge in [-0.25, -0.2) is 0 Å². The van der Waals surface area contributed by atoms with Gasteiger partial charge < -0.3 is 10.2 Å². The molecule has 0 aromatic carbocycles. The summed E-state index contributed by atoms with van der Waals surface area (Å²) >= 11 is 0. The SMILES string of the molecule is C(CCCN(CC1CC1)C1CC1)CCNC1CC1. The first kappa shape index (κ1) is 12.9. The molecule has 0 spiro atoms. The average molecular weight is 250 g/mol. The summed E-state index contributed by atoms with van der Waals surface area (Å²) in [7, 11) is 0. The smallest absolute Gasteiger partial charge is 0.00965 e. The van der Waals surface area contributed by atoms with Crippen LogP contribution < -0.4 is 5.32 Å². The minimum absolute atomic E-state index is 0.897. The van der Waals surface area contributed by atoms with Crippen LogP contribution in [0.1, 0.15) is 64.2 Å². The molecule has 0 heterocycles. The molecule has 104 valence electrons. The van der Waals surface area contributed by atoms with E-state index in [4.69, 9.17) is 0 Å². The lowest BCUT2D eigenvalue weighted by molar-refractivity contribution is 0.246. The maximum absolute atomic E-state index is 3.61. The number of unbranched alkanes of at least 4 members (excludes halogenated alkanes) is 3. The fourth-order valence-electron chi connectivity index (χ4n) is 2.88. The van der Waals surface area contributed by atoms with Crippen LogP contribution in [0.15, 0.2) is 0 Å². The van der Waals surface area contributed by atoms with Gasteiger partial charge in [-0.1, -0.05) is 12.8 Å². The van der Waals surface area contributed by atoms with Crippen LogP contribution in [0.3, 0.4) is 0 Å². The predicted molar refractivity (Wildman–Crippen MR) is 76.8 cm³/mol. The highest BCUT2D eigenvalue weighted by atomic mass is 15.2. The van der Waals surface area contributed by atoms with E-state index in [1.807, 2.05) is 0 Å². The van der Waals surface area contributed by atoms with Crippen LogP contribution in [-0.4, -0.2) is 36.6 Å². The van der Waals surface area contributed by atoms with Gasteiger partial charge in [0, 0.05) is 18.6 Å². The Hall–Kier alpha value is -0.0800. The van der Waals surface area contributed by atoms with Gasteiger partial charge in [0.15, 0.2) is 0 Å². The summed E-state index contributed by atoms with van der Waals surface area (Å²) in [6, 6.07) is 1.89. The summed E-state index contributed by atoms with van der Waals surface area (Å²) in [6.45, 7) is 4.07. The lowest BCUT2D eigenvalue weighted by Gasteiger charge is -2.21. The second-order valence-electron chi connectivity index (χ2n) is 6.81. The molecule has 0 aromatic heterocycles. The van der Waals surface area contributed by atoms with E-state index in [9.17, 15) is 0 Å². The third kappa shape index (κ3) is 4.89. The first-order valence-electron chi connectivity index (χ1n) is 8.39. The molecule has 18 heavy (non-hydrogen) atoms. The van der Waals surface area contributed by atoms with Gasteiger partial charge in [-0.05, 0) is 70.4 Å². The van der Waals surface area contributed by atoms with Crippen LogP contribution in [0.5, 0.6) is 0 Å². The van der Waals surface area contributed by atoms with Crippen molar-refractivity contribution in [3.8, 4) is 0 Å². The second-order valence-corrected chi connectivity index (χ2v) is 6.81. The third-order valence-corrected chi connectivity index (χ3v) is 4.64. The zero-order valence-electron chi connectivity index (χ0n) is 11.9. The highest BCUT2D eigenvalue weighted by Gasteiger charge is 2.32. The van der Waals surface area contributed by atoms with Gasteiger partial charge in [-0.3, -0.25) is 0 Å². The molecule has 2 heteroatoms. The third-order valence-electron chi connectivity index (χ3n) is 4.64. The lowest BCUT2D eigenvalue weighted by Crippen LogP contribution is -2.29. The molecule has 3 saturated carbocycles. The number of nitrogens with zero attached hydrogens (tertiary/aromatic N) is 1. The first-order chi connectivity index (χ1) is 8.92. The molecule has 0 radical (unpaired) electrons. The molecule has 3 aliphatic carbocycles. The summed E-state index contributed by atoms with van der Waals surface area (Å²) in [6.07, 6.45) is 14.5. The van der Waals surface area contributed by atoms with Gasteiger partial charge >= 0.3 is 0 Å². The zero-order valence-corrected chi connectivity index (χ0v) is 11.9. The Labute approximate surface area is 113 Å². The summed E-state index contributed by atoms with van der Waals surface area (Å²) in [5.41, 5.74) is 0. The highest BCUT2D eigenvalue weighted by molar-refractivity contribution is 4.88. The van der Waals surface area contributed by atoms with Gasteiger partial charge in [0.2, 0.25) is 0 Å². The minimum atomic E-state index is 0.897. The van der Waals surface area contributed by atoms with E-state index in [1.54, 1.807) is 0 Å². The van der Waals surface area contributed by atoms with Crippen molar-refractivity contribution in [3.63, 3.8) is 0 Å². The first-order valence-corrected chi connectivity index (χ1v) is 8.39. The van der Waals surface area contributed by atoms with E-state index < -0.39 is 0 Å². The fraction of sp³-hybridized carbons (Fsp3) is 1.00. The maximum atomic E-state index is 3.61. The van der Waals surface area contributed by atoms with E-state index >= 15 is 0 Å². The van der Waals surface area contributed by atoms with Crippen molar-refractivity contribution in [2.45, 2.75) is 76.3 Å². The van der Waals surface area contributed by atoms with E-state index in [0.717, 1.165) is 18.0 Å². The van der Waals surface area contributed by atoms with Crippen molar-refractivity contribution in [3.05, 3.63) is 0 Å². The zero-order chi connectivity index (χ0) is 12.2. The quantitative estimate of drug-likeness (QED) is 0.567. The molecule has 0 amide bonds. The van der Waals surface area contributed by atoms with Crippen molar-refractivity contribution in [1.29, 1.82) is 0 Å². The Balaban J connectivity index is 1.17. The Morgan fingerprint density at radius 2 is 1.61 bits per heavy atom. The van der Waals surface area contributed by atoms with Crippen molar-refractivity contribution in [1.82, 2.24) is 10.2 Å². The molecule has 0 atom stereocenters. The molecule has 0 unspecified atom stereocenters. The number of nitrogens with one attached hydrogen (secondary N) is 1. The van der Waals surface area contributed by atoms with Gasteiger partial charge in [0.25, 0.3) is 0 Å². The van der Waals surface area contributed by atoms with Crippen LogP contribution in [-0.2, 0) is 0 Å². The summed E-state index contributed by atoms with van der Waals surface area (Å²) in [5, 5.41) is 3.61. The summed E-state index contributed by atoms with van der Waals surface area (Å²) < 4.78 is 0. The largest absolute Gasteiger partial charge is 0.314 e. The predicted octanol–water partition coefficient (Wildman–Crippen LogP) is 3.17. The van der Waals surface area contributed by atoms with Crippen LogP contribution in [0, 0.1) is 5.92 Å². The standard InChI is InChI=1S/C16H30N2/c1(3-11-17-15-7-8-15)2-4-12-18(16-9-10-16)13-14-5-6-14/h14-17H,1-13H2. The van der Waals surface area contributed by atoms with Crippen LogP contribution in [0.25, 0.3) is 0 Å². The molecule has 0 saturated heterocycles. The molecular formula is C16H30N2. The minimum Gasteiger partial charge on any atom is -0.314 e. The monoisotopic (exact) mass is 250 g/mol. The average Bonchev–Trinajstić information content (AvgIpc) is 3.23. The van der Waals surface area contributed by atoms with Crippen molar-refractivity contribution in [2.75, 3.05) is 19.6 Å². The van der Waals surface area contributed by atoms with Crippen molar-refractivity contribution >= 4 is 0 Å². The van der Waals surface area contributed by atoms with Gasteiger partial charge in [0.1, 0.15) is 0 Å². The summed E-state index contributed by atoms with van der Waals surface area (Å²) in [4.78, 5) is 2.81. The second kappa shape index (κ2) is 6.38. The Morgan fingerprint density at radius 1 is 0.833 bits per heavy atom. The Morgan fingerprint density at radius 3 is 2.28 bits per heavy atom. The van der Waals surface area contributed by atoms with Gasteiger partial charge in [0.05, 0.1) is 0 Å². The molecule has 3 rings (SSSR count). The van der Waals surface area contributed by atoms with E-state index in [0.29, 0.717) is 0 Å². The normalized spacial score (nSPS) is 23.8. The van der Waals surface area contributed by atoms with E-state index in [2.05, 4.69) is 10.2 Å². The molecule has 2 nitrogen and oxygen atoms in total. The Kier molecular flexibility index (Phi) is 4.58. The molecule has 0 aliphatic heterocycles. The number of rotatable bonds is 11. The van der Waals surface area contributed by atoms with E-state index in [1.165, 1.54) is 83.8 Å². The van der Waals surface area contributed by atoms with E-state index in [-0.39, 0.29) is 0 Å².